The van der Waals surface area contributed by atoms with Crippen molar-refractivity contribution < 1.29 is 4.74 Å². The highest BCUT2D eigenvalue weighted by molar-refractivity contribution is 5.28. The molecule has 2 fully saturated rings. The van der Waals surface area contributed by atoms with E-state index in [4.69, 9.17) is 4.74 Å². The molecule has 3 rings (SSSR count). The van der Waals surface area contributed by atoms with Gasteiger partial charge in [0.2, 0.25) is 0 Å². The Morgan fingerprint density at radius 2 is 2.06 bits per heavy atom. The maximum Gasteiger partial charge on any atom is 0.0585 e. The SMILES string of the molecule is c1ccc(C2(CC3CCCNC3)COC2)cc1. The van der Waals surface area contributed by atoms with Crippen LogP contribution in [0.5, 0.6) is 0 Å². The van der Waals surface area contributed by atoms with Crippen LogP contribution in [-0.2, 0) is 10.2 Å². The van der Waals surface area contributed by atoms with Crippen LogP contribution >= 0.6 is 0 Å². The summed E-state index contributed by atoms with van der Waals surface area (Å²) in [6, 6.07) is 10.9. The van der Waals surface area contributed by atoms with Gasteiger partial charge in [0.25, 0.3) is 0 Å². The summed E-state index contributed by atoms with van der Waals surface area (Å²) >= 11 is 0. The van der Waals surface area contributed by atoms with Gasteiger partial charge in [0.1, 0.15) is 0 Å². The molecule has 0 bridgehead atoms. The van der Waals surface area contributed by atoms with Gasteiger partial charge in [0.05, 0.1) is 13.2 Å². The van der Waals surface area contributed by atoms with Crippen LogP contribution < -0.4 is 5.32 Å². The highest BCUT2D eigenvalue weighted by atomic mass is 16.5. The first-order valence-corrected chi connectivity index (χ1v) is 6.73. The molecule has 1 aromatic rings. The summed E-state index contributed by atoms with van der Waals surface area (Å²) in [5, 5.41) is 3.52. The van der Waals surface area contributed by atoms with Crippen LogP contribution in [-0.4, -0.2) is 26.3 Å². The molecule has 2 aliphatic rings. The number of piperidine rings is 1. The fraction of sp³-hybridized carbons (Fsp3) is 0.600. The molecule has 17 heavy (non-hydrogen) atoms. The molecule has 1 atom stereocenters. The molecule has 2 heterocycles. The fourth-order valence-corrected chi connectivity index (χ4v) is 3.19. The quantitative estimate of drug-likeness (QED) is 0.862. The zero-order valence-electron chi connectivity index (χ0n) is 10.3. The second-order valence-corrected chi connectivity index (χ2v) is 5.56. The number of hydrogen-bond donors (Lipinski definition) is 1. The van der Waals surface area contributed by atoms with Gasteiger partial charge in [-0.2, -0.15) is 0 Å². The van der Waals surface area contributed by atoms with Crippen molar-refractivity contribution in [2.75, 3.05) is 26.3 Å². The Labute approximate surface area is 103 Å². The highest BCUT2D eigenvalue weighted by Crippen LogP contribution is 2.39. The minimum Gasteiger partial charge on any atom is -0.379 e. The van der Waals surface area contributed by atoms with Crippen LogP contribution in [0, 0.1) is 5.92 Å². The molecule has 92 valence electrons. The lowest BCUT2D eigenvalue weighted by molar-refractivity contribution is -0.0726. The molecule has 2 nitrogen and oxygen atoms in total. The van der Waals surface area contributed by atoms with Crippen molar-refractivity contribution in [2.45, 2.75) is 24.7 Å². The molecule has 0 spiro atoms. The zero-order chi connectivity index (χ0) is 11.6. The molecule has 0 radical (unpaired) electrons. The maximum absolute atomic E-state index is 5.51. The molecule has 1 N–H and O–H groups in total. The van der Waals surface area contributed by atoms with Crippen molar-refractivity contribution >= 4 is 0 Å². The fourth-order valence-electron chi connectivity index (χ4n) is 3.19. The first-order valence-electron chi connectivity index (χ1n) is 6.73. The van der Waals surface area contributed by atoms with Crippen LogP contribution in [0.25, 0.3) is 0 Å². The highest BCUT2D eigenvalue weighted by Gasteiger charge is 2.41. The Hall–Kier alpha value is -0.860. The van der Waals surface area contributed by atoms with E-state index in [9.17, 15) is 0 Å². The van der Waals surface area contributed by atoms with Gasteiger partial charge in [-0.15, -0.1) is 0 Å². The summed E-state index contributed by atoms with van der Waals surface area (Å²) in [6.07, 6.45) is 3.99. The van der Waals surface area contributed by atoms with Crippen molar-refractivity contribution in [1.29, 1.82) is 0 Å². The maximum atomic E-state index is 5.51. The van der Waals surface area contributed by atoms with Crippen molar-refractivity contribution in [3.8, 4) is 0 Å². The van der Waals surface area contributed by atoms with Gasteiger partial charge in [-0.25, -0.2) is 0 Å². The molecule has 1 aromatic carbocycles. The topological polar surface area (TPSA) is 21.3 Å². The van der Waals surface area contributed by atoms with Gasteiger partial charge < -0.3 is 10.1 Å². The van der Waals surface area contributed by atoms with E-state index in [1.807, 2.05) is 0 Å². The zero-order valence-corrected chi connectivity index (χ0v) is 10.3. The molecular formula is C15H21NO. The summed E-state index contributed by atoms with van der Waals surface area (Å²) in [5.74, 6) is 0.827. The lowest BCUT2D eigenvalue weighted by atomic mass is 9.71. The van der Waals surface area contributed by atoms with Crippen LogP contribution in [0.4, 0.5) is 0 Å². The summed E-state index contributed by atoms with van der Waals surface area (Å²) in [4.78, 5) is 0. The molecule has 2 heteroatoms. The van der Waals surface area contributed by atoms with E-state index in [2.05, 4.69) is 35.6 Å². The molecule has 0 aliphatic carbocycles. The van der Waals surface area contributed by atoms with E-state index >= 15 is 0 Å². The van der Waals surface area contributed by atoms with E-state index in [-0.39, 0.29) is 0 Å². The number of hydrogen-bond acceptors (Lipinski definition) is 2. The van der Waals surface area contributed by atoms with Crippen molar-refractivity contribution in [3.63, 3.8) is 0 Å². The van der Waals surface area contributed by atoms with Gasteiger partial charge in [-0.3, -0.25) is 0 Å². The minimum atomic E-state index is 0.310. The molecule has 2 aliphatic heterocycles. The average Bonchev–Trinajstić information content (AvgIpc) is 2.36. The van der Waals surface area contributed by atoms with Crippen LogP contribution in [0.15, 0.2) is 30.3 Å². The normalized spacial score (nSPS) is 27.4. The third-order valence-corrected chi connectivity index (χ3v) is 4.22. The van der Waals surface area contributed by atoms with Crippen LogP contribution in [0.2, 0.25) is 0 Å². The number of ether oxygens (including phenoxy) is 1. The van der Waals surface area contributed by atoms with Crippen LogP contribution in [0.1, 0.15) is 24.8 Å². The van der Waals surface area contributed by atoms with Gasteiger partial charge >= 0.3 is 0 Å². The largest absolute Gasteiger partial charge is 0.379 e. The van der Waals surface area contributed by atoms with Crippen molar-refractivity contribution in [3.05, 3.63) is 35.9 Å². The third kappa shape index (κ3) is 2.24. The number of benzene rings is 1. The van der Waals surface area contributed by atoms with Gasteiger partial charge in [0, 0.05) is 5.41 Å². The van der Waals surface area contributed by atoms with Crippen LogP contribution in [0.3, 0.4) is 0 Å². The Balaban J connectivity index is 1.73. The van der Waals surface area contributed by atoms with E-state index in [0.717, 1.165) is 19.1 Å². The molecule has 0 saturated carbocycles. The Morgan fingerprint density at radius 1 is 1.24 bits per heavy atom. The van der Waals surface area contributed by atoms with E-state index in [1.165, 1.54) is 37.9 Å². The van der Waals surface area contributed by atoms with Gasteiger partial charge in [0.15, 0.2) is 0 Å². The van der Waals surface area contributed by atoms with Crippen molar-refractivity contribution in [2.24, 2.45) is 5.92 Å². The van der Waals surface area contributed by atoms with E-state index in [1.54, 1.807) is 0 Å². The monoisotopic (exact) mass is 231 g/mol. The second-order valence-electron chi connectivity index (χ2n) is 5.56. The summed E-state index contributed by atoms with van der Waals surface area (Å²) < 4.78 is 5.51. The minimum absolute atomic E-state index is 0.310. The lowest BCUT2D eigenvalue weighted by Gasteiger charge is -2.45. The smallest absolute Gasteiger partial charge is 0.0585 e. The Bertz CT molecular complexity index is 352. The summed E-state index contributed by atoms with van der Waals surface area (Å²) in [7, 11) is 0. The summed E-state index contributed by atoms with van der Waals surface area (Å²) in [6.45, 7) is 4.21. The van der Waals surface area contributed by atoms with Gasteiger partial charge in [-0.05, 0) is 43.8 Å². The predicted molar refractivity (Wildman–Crippen MR) is 69.1 cm³/mol. The molecular weight excluding hydrogens is 210 g/mol. The molecule has 0 aromatic heterocycles. The predicted octanol–water partition coefficient (Wildman–Crippen LogP) is 2.34. The van der Waals surface area contributed by atoms with Crippen molar-refractivity contribution in [1.82, 2.24) is 5.32 Å². The molecule has 0 amide bonds. The third-order valence-electron chi connectivity index (χ3n) is 4.22. The standard InChI is InChI=1S/C15H21NO/c1-2-6-14(7-3-1)15(11-17-12-15)9-13-5-4-8-16-10-13/h1-3,6-7,13,16H,4-5,8-12H2. The summed E-state index contributed by atoms with van der Waals surface area (Å²) in [5.41, 5.74) is 1.78. The first kappa shape index (κ1) is 11.2. The van der Waals surface area contributed by atoms with E-state index in [0.29, 0.717) is 5.41 Å². The molecule has 2 saturated heterocycles. The van der Waals surface area contributed by atoms with Gasteiger partial charge in [-0.1, -0.05) is 30.3 Å². The van der Waals surface area contributed by atoms with E-state index < -0.39 is 0 Å². The molecule has 1 unspecified atom stereocenters. The number of rotatable bonds is 3. The Kier molecular flexibility index (Phi) is 3.17. The Morgan fingerprint density at radius 3 is 2.65 bits per heavy atom. The lowest BCUT2D eigenvalue weighted by Crippen LogP contribution is -2.49. The second kappa shape index (κ2) is 4.79. The average molecular weight is 231 g/mol. The first-order chi connectivity index (χ1) is 8.39. The number of nitrogens with one attached hydrogen (secondary N) is 1.